The SMILES string of the molecule is NS(=O)(=O)c1cc2[nH]c(-n3c(=O)c3=O)nc2cc1Cl. The van der Waals surface area contributed by atoms with Crippen molar-refractivity contribution in [3.05, 3.63) is 37.9 Å². The van der Waals surface area contributed by atoms with Gasteiger partial charge in [0.25, 0.3) is 0 Å². The zero-order chi connectivity index (χ0) is 13.9. The van der Waals surface area contributed by atoms with Gasteiger partial charge in [-0.1, -0.05) is 11.6 Å². The van der Waals surface area contributed by atoms with E-state index < -0.39 is 21.1 Å². The third-order valence-corrected chi connectivity index (χ3v) is 3.96. The van der Waals surface area contributed by atoms with E-state index in [0.29, 0.717) is 11.0 Å². The monoisotopic (exact) mass is 300 g/mol. The molecule has 0 spiro atoms. The van der Waals surface area contributed by atoms with Crippen molar-refractivity contribution < 1.29 is 8.42 Å². The van der Waals surface area contributed by atoms with Gasteiger partial charge in [0.05, 0.1) is 16.1 Å². The fourth-order valence-corrected chi connectivity index (χ4v) is 2.74. The lowest BCUT2D eigenvalue weighted by Crippen LogP contribution is -2.12. The molecule has 98 valence electrons. The van der Waals surface area contributed by atoms with Gasteiger partial charge in [0.2, 0.25) is 16.0 Å². The number of aromatic nitrogens is 3. The molecule has 0 aliphatic carbocycles. The van der Waals surface area contributed by atoms with Crippen molar-refractivity contribution in [3.8, 4) is 5.95 Å². The minimum absolute atomic E-state index is 0.0210. The van der Waals surface area contributed by atoms with Gasteiger partial charge in [-0.25, -0.2) is 23.1 Å². The van der Waals surface area contributed by atoms with Crippen LogP contribution in [-0.4, -0.2) is 23.0 Å². The molecule has 8 nitrogen and oxygen atoms in total. The molecule has 10 heteroatoms. The largest absolute Gasteiger partial charge is 0.327 e. The number of fused-ring (bicyclic) bond motifs is 1. The van der Waals surface area contributed by atoms with Crippen LogP contribution in [0, 0.1) is 0 Å². The van der Waals surface area contributed by atoms with Crippen LogP contribution in [0.3, 0.4) is 0 Å². The first-order valence-electron chi connectivity index (χ1n) is 4.89. The summed E-state index contributed by atoms with van der Waals surface area (Å²) >= 11 is 5.79. The zero-order valence-corrected chi connectivity index (χ0v) is 10.6. The first kappa shape index (κ1) is 12.1. The summed E-state index contributed by atoms with van der Waals surface area (Å²) in [7, 11) is -3.97. The number of nitrogens with zero attached hydrogens (tertiary/aromatic N) is 2. The molecule has 0 aliphatic rings. The number of primary sulfonamides is 1. The highest BCUT2D eigenvalue weighted by molar-refractivity contribution is 7.89. The molecule has 0 amide bonds. The molecule has 19 heavy (non-hydrogen) atoms. The van der Waals surface area contributed by atoms with Crippen LogP contribution < -0.4 is 16.3 Å². The number of nitrogens with two attached hydrogens (primary N) is 1. The Morgan fingerprint density at radius 1 is 1.26 bits per heavy atom. The number of sulfonamides is 1. The van der Waals surface area contributed by atoms with E-state index >= 15 is 0 Å². The van der Waals surface area contributed by atoms with Crippen molar-refractivity contribution in [2.75, 3.05) is 0 Å². The quantitative estimate of drug-likeness (QED) is 0.602. The van der Waals surface area contributed by atoms with Crippen molar-refractivity contribution in [1.82, 2.24) is 14.5 Å². The van der Waals surface area contributed by atoms with Crippen molar-refractivity contribution >= 4 is 32.7 Å². The van der Waals surface area contributed by atoms with E-state index in [9.17, 15) is 18.0 Å². The minimum atomic E-state index is -3.97. The van der Waals surface area contributed by atoms with Crippen LogP contribution >= 0.6 is 11.6 Å². The van der Waals surface area contributed by atoms with Gasteiger partial charge < -0.3 is 4.98 Å². The van der Waals surface area contributed by atoms with Gasteiger partial charge in [0, 0.05) is 0 Å². The predicted octanol–water partition coefficient (Wildman–Crippen LogP) is -0.750. The van der Waals surface area contributed by atoms with Gasteiger partial charge in [-0.15, -0.1) is 0 Å². The van der Waals surface area contributed by atoms with Crippen molar-refractivity contribution in [3.63, 3.8) is 0 Å². The Balaban J connectivity index is 2.28. The van der Waals surface area contributed by atoms with E-state index in [1.54, 1.807) is 0 Å². The number of imidazole rings is 1. The lowest BCUT2D eigenvalue weighted by molar-refractivity contribution is 0.598. The Kier molecular flexibility index (Phi) is 2.24. The molecule has 3 N–H and O–H groups in total. The van der Waals surface area contributed by atoms with Gasteiger partial charge in [0.15, 0.2) is 0 Å². The molecule has 1 aromatic carbocycles. The summed E-state index contributed by atoms with van der Waals surface area (Å²) < 4.78 is 23.4. The van der Waals surface area contributed by atoms with Gasteiger partial charge in [-0.05, 0) is 12.1 Å². The van der Waals surface area contributed by atoms with Crippen LogP contribution in [-0.2, 0) is 10.0 Å². The van der Waals surface area contributed by atoms with E-state index in [2.05, 4.69) is 9.97 Å². The van der Waals surface area contributed by atoms with Crippen LogP contribution in [0.25, 0.3) is 17.0 Å². The third-order valence-electron chi connectivity index (χ3n) is 2.58. The number of halogens is 1. The van der Waals surface area contributed by atoms with Crippen LogP contribution in [0.4, 0.5) is 0 Å². The second-order valence-corrected chi connectivity index (χ2v) is 5.79. The highest BCUT2D eigenvalue weighted by Gasteiger charge is 2.22. The standard InChI is InChI=1S/C9H5ClN4O4S/c10-3-1-4-5(2-6(3)19(11,17)18)13-9(12-4)14-7(15)8(14)16/h1-2H,(H,12,13)(H2,11,17,18). The van der Waals surface area contributed by atoms with Crippen molar-refractivity contribution in [1.29, 1.82) is 0 Å². The number of benzene rings is 1. The van der Waals surface area contributed by atoms with Crippen molar-refractivity contribution in [2.45, 2.75) is 4.90 Å². The van der Waals surface area contributed by atoms with Crippen molar-refractivity contribution in [2.24, 2.45) is 5.14 Å². The minimum Gasteiger partial charge on any atom is -0.323 e. The Morgan fingerprint density at radius 2 is 1.89 bits per heavy atom. The molecule has 2 heterocycles. The molecule has 2 aromatic heterocycles. The topological polar surface area (TPSA) is 128 Å². The fourth-order valence-electron chi connectivity index (χ4n) is 1.65. The smallest absolute Gasteiger partial charge is 0.323 e. The Morgan fingerprint density at radius 3 is 2.42 bits per heavy atom. The molecule has 0 atom stereocenters. The lowest BCUT2D eigenvalue weighted by atomic mass is 10.3. The molecule has 0 saturated carbocycles. The predicted molar refractivity (Wildman–Crippen MR) is 66.7 cm³/mol. The van der Waals surface area contributed by atoms with Gasteiger partial charge in [-0.2, -0.15) is 0 Å². The third kappa shape index (κ3) is 1.79. The van der Waals surface area contributed by atoms with E-state index in [-0.39, 0.29) is 15.9 Å². The summed E-state index contributed by atoms with van der Waals surface area (Å²) in [4.78, 5) is 28.3. The van der Waals surface area contributed by atoms with Crippen LogP contribution in [0.1, 0.15) is 0 Å². The maximum absolute atomic E-state index is 11.3. The second kappa shape index (κ2) is 3.53. The normalized spacial score (nSPS) is 12.5. The molecule has 0 bridgehead atoms. The molecule has 0 aliphatic heterocycles. The molecular weight excluding hydrogens is 296 g/mol. The number of hydrogen-bond donors (Lipinski definition) is 2. The zero-order valence-electron chi connectivity index (χ0n) is 9.05. The number of rotatable bonds is 2. The summed E-state index contributed by atoms with van der Waals surface area (Å²) in [5.74, 6) is 0.0210. The fraction of sp³-hybridized carbons (Fsp3) is 0. The highest BCUT2D eigenvalue weighted by atomic mass is 35.5. The molecule has 3 rings (SSSR count). The van der Waals surface area contributed by atoms with Gasteiger partial charge in [0.1, 0.15) is 4.90 Å². The second-order valence-electron chi connectivity index (χ2n) is 3.85. The average molecular weight is 301 g/mol. The van der Waals surface area contributed by atoms with E-state index in [1.165, 1.54) is 12.1 Å². The molecule has 0 fully saturated rings. The summed E-state index contributed by atoms with van der Waals surface area (Å²) in [6.07, 6.45) is 0. The van der Waals surface area contributed by atoms with Gasteiger partial charge >= 0.3 is 11.1 Å². The molecular formula is C9H5ClN4O4S. The van der Waals surface area contributed by atoms with E-state index in [1.807, 2.05) is 0 Å². The summed E-state index contributed by atoms with van der Waals surface area (Å²) in [5, 5.41) is 4.92. The van der Waals surface area contributed by atoms with Crippen LogP contribution in [0.2, 0.25) is 5.02 Å². The number of nitrogens with one attached hydrogen (secondary N) is 1. The average Bonchev–Trinajstić information content (AvgIpc) is 2.72. The maximum atomic E-state index is 11.3. The number of hydrogen-bond acceptors (Lipinski definition) is 5. The van der Waals surface area contributed by atoms with Gasteiger partial charge in [-0.3, -0.25) is 9.59 Å². The highest BCUT2D eigenvalue weighted by Crippen LogP contribution is 2.25. The Bertz CT molecular complexity index is 967. The Hall–Kier alpha value is -1.97. The molecule has 0 unspecified atom stereocenters. The molecule has 3 aromatic rings. The summed E-state index contributed by atoms with van der Waals surface area (Å²) in [6, 6.07) is 2.48. The van der Waals surface area contributed by atoms with Crippen LogP contribution in [0.15, 0.2) is 26.6 Å². The lowest BCUT2D eigenvalue weighted by Gasteiger charge is -2.00. The first-order valence-corrected chi connectivity index (χ1v) is 6.82. The number of H-pyrrole nitrogens is 1. The maximum Gasteiger partial charge on any atom is 0.327 e. The summed E-state index contributed by atoms with van der Waals surface area (Å²) in [6.45, 7) is 0. The molecule has 0 saturated heterocycles. The number of aromatic amines is 1. The van der Waals surface area contributed by atoms with E-state index in [0.717, 1.165) is 4.57 Å². The summed E-state index contributed by atoms with van der Waals surface area (Å²) in [5.41, 5.74) is -0.746. The first-order chi connectivity index (χ1) is 8.79. The van der Waals surface area contributed by atoms with E-state index in [4.69, 9.17) is 16.7 Å². The Labute approximate surface area is 110 Å². The molecule has 0 radical (unpaired) electrons. The van der Waals surface area contributed by atoms with Crippen LogP contribution in [0.5, 0.6) is 0 Å².